The van der Waals surface area contributed by atoms with Crippen LogP contribution in [0.1, 0.15) is 29.8 Å². The average Bonchev–Trinajstić information content (AvgIpc) is 2.81. The summed E-state index contributed by atoms with van der Waals surface area (Å²) in [5.74, 6) is 0.380. The van der Waals surface area contributed by atoms with Gasteiger partial charge in [0.05, 0.1) is 6.26 Å². The van der Waals surface area contributed by atoms with Crippen LogP contribution in [0.4, 0.5) is 0 Å². The lowest BCUT2D eigenvalue weighted by atomic mass is 10.0. The van der Waals surface area contributed by atoms with Crippen molar-refractivity contribution in [2.75, 3.05) is 13.1 Å². The summed E-state index contributed by atoms with van der Waals surface area (Å²) < 4.78 is 5.11. The van der Waals surface area contributed by atoms with Gasteiger partial charge in [-0.25, -0.2) is 0 Å². The minimum atomic E-state index is -0.0323. The maximum atomic E-state index is 12.0. The Kier molecular flexibility index (Phi) is 4.83. The van der Waals surface area contributed by atoms with E-state index in [1.807, 2.05) is 4.90 Å². The summed E-state index contributed by atoms with van der Waals surface area (Å²) in [6.45, 7) is 1.33. The summed E-state index contributed by atoms with van der Waals surface area (Å²) in [5.41, 5.74) is 5.66. The van der Waals surface area contributed by atoms with E-state index in [1.54, 1.807) is 12.1 Å². The third kappa shape index (κ3) is 2.57. The molecule has 1 aromatic heterocycles. The number of hydrogen-bond donors (Lipinski definition) is 1. The van der Waals surface area contributed by atoms with Gasteiger partial charge in [0.1, 0.15) is 0 Å². The summed E-state index contributed by atoms with van der Waals surface area (Å²) in [6.07, 6.45) is 4.74. The zero-order valence-electron chi connectivity index (χ0n) is 9.09. The number of nitrogens with two attached hydrogens (primary N) is 1. The molecule has 5 heteroatoms. The summed E-state index contributed by atoms with van der Waals surface area (Å²) >= 11 is 0. The topological polar surface area (TPSA) is 59.5 Å². The highest BCUT2D eigenvalue weighted by Crippen LogP contribution is 2.19. The number of piperidine rings is 1. The molecule has 1 amide bonds. The van der Waals surface area contributed by atoms with Crippen LogP contribution >= 0.6 is 12.4 Å². The molecule has 1 aliphatic heterocycles. The fourth-order valence-electron chi connectivity index (χ4n) is 2.05. The molecule has 1 aliphatic rings. The van der Waals surface area contributed by atoms with Gasteiger partial charge >= 0.3 is 0 Å². The van der Waals surface area contributed by atoms with Gasteiger partial charge in [0.2, 0.25) is 0 Å². The molecular formula is C11H17ClN2O2. The van der Waals surface area contributed by atoms with Gasteiger partial charge in [0.25, 0.3) is 5.91 Å². The summed E-state index contributed by atoms with van der Waals surface area (Å²) in [7, 11) is 0. The van der Waals surface area contributed by atoms with Crippen molar-refractivity contribution < 1.29 is 9.21 Å². The number of amides is 1. The van der Waals surface area contributed by atoms with Gasteiger partial charge in [-0.1, -0.05) is 0 Å². The normalized spacial score (nSPS) is 20.3. The lowest BCUT2D eigenvalue weighted by molar-refractivity contribution is 0.0591. The highest BCUT2D eigenvalue weighted by Gasteiger charge is 2.27. The van der Waals surface area contributed by atoms with Crippen molar-refractivity contribution in [2.24, 2.45) is 5.73 Å². The smallest absolute Gasteiger partial charge is 0.289 e. The molecule has 0 saturated carbocycles. The van der Waals surface area contributed by atoms with Crippen LogP contribution in [0.25, 0.3) is 0 Å². The van der Waals surface area contributed by atoms with Crippen molar-refractivity contribution in [3.05, 3.63) is 24.2 Å². The molecule has 2 heterocycles. The molecule has 0 radical (unpaired) electrons. The first kappa shape index (κ1) is 13.1. The van der Waals surface area contributed by atoms with E-state index < -0.39 is 0 Å². The van der Waals surface area contributed by atoms with E-state index in [0.29, 0.717) is 12.3 Å². The molecule has 2 rings (SSSR count). The molecule has 1 fully saturated rings. The predicted octanol–water partition coefficient (Wildman–Crippen LogP) is 1.65. The molecule has 16 heavy (non-hydrogen) atoms. The van der Waals surface area contributed by atoms with Crippen LogP contribution in [-0.2, 0) is 0 Å². The minimum Gasteiger partial charge on any atom is -0.459 e. The Hall–Kier alpha value is -1.00. The first-order valence-electron chi connectivity index (χ1n) is 5.37. The van der Waals surface area contributed by atoms with E-state index >= 15 is 0 Å². The average molecular weight is 245 g/mol. The highest BCUT2D eigenvalue weighted by molar-refractivity contribution is 5.91. The molecule has 1 atom stereocenters. The first-order valence-corrected chi connectivity index (χ1v) is 5.37. The Morgan fingerprint density at radius 1 is 1.56 bits per heavy atom. The monoisotopic (exact) mass is 244 g/mol. The van der Waals surface area contributed by atoms with Gasteiger partial charge in [0.15, 0.2) is 5.76 Å². The van der Waals surface area contributed by atoms with Gasteiger partial charge in [0, 0.05) is 19.1 Å². The lowest BCUT2D eigenvalue weighted by Gasteiger charge is -2.34. The number of furan rings is 1. The van der Waals surface area contributed by atoms with E-state index in [1.165, 1.54) is 6.26 Å². The zero-order valence-corrected chi connectivity index (χ0v) is 9.91. The molecule has 0 spiro atoms. The van der Waals surface area contributed by atoms with Crippen LogP contribution in [0, 0.1) is 0 Å². The van der Waals surface area contributed by atoms with Gasteiger partial charge in [-0.2, -0.15) is 0 Å². The molecule has 1 saturated heterocycles. The molecule has 90 valence electrons. The standard InChI is InChI=1S/C11H16N2O2.ClH/c12-8-9-4-1-2-6-13(9)11(14)10-5-3-7-15-10;/h3,5,7,9H,1-2,4,6,8,12H2;1H. The van der Waals surface area contributed by atoms with Gasteiger partial charge in [-0.3, -0.25) is 4.79 Å². The van der Waals surface area contributed by atoms with Crippen LogP contribution in [0.15, 0.2) is 22.8 Å². The van der Waals surface area contributed by atoms with E-state index in [-0.39, 0.29) is 24.4 Å². The number of carbonyl (C=O) groups excluding carboxylic acids is 1. The van der Waals surface area contributed by atoms with Gasteiger partial charge < -0.3 is 15.1 Å². The second kappa shape index (κ2) is 5.92. The van der Waals surface area contributed by atoms with Gasteiger partial charge in [-0.15, -0.1) is 12.4 Å². The predicted molar refractivity (Wildman–Crippen MR) is 63.7 cm³/mol. The molecular weight excluding hydrogens is 228 g/mol. The Balaban J connectivity index is 0.00000128. The summed E-state index contributed by atoms with van der Waals surface area (Å²) in [5, 5.41) is 0. The number of nitrogens with zero attached hydrogens (tertiary/aromatic N) is 1. The fourth-order valence-corrected chi connectivity index (χ4v) is 2.05. The third-order valence-corrected chi connectivity index (χ3v) is 2.89. The minimum absolute atomic E-state index is 0. The third-order valence-electron chi connectivity index (χ3n) is 2.89. The number of rotatable bonds is 2. The second-order valence-electron chi connectivity index (χ2n) is 3.86. The van der Waals surface area contributed by atoms with Gasteiger partial charge in [-0.05, 0) is 31.4 Å². The number of hydrogen-bond acceptors (Lipinski definition) is 3. The SMILES string of the molecule is Cl.NCC1CCCCN1C(=O)c1ccco1. The Morgan fingerprint density at radius 3 is 3.00 bits per heavy atom. The number of likely N-dealkylation sites (tertiary alicyclic amines) is 1. The van der Waals surface area contributed by atoms with E-state index in [4.69, 9.17) is 10.2 Å². The van der Waals surface area contributed by atoms with Crippen molar-refractivity contribution in [3.8, 4) is 0 Å². The molecule has 1 unspecified atom stereocenters. The second-order valence-corrected chi connectivity index (χ2v) is 3.86. The number of halogens is 1. The van der Waals surface area contributed by atoms with Crippen LogP contribution < -0.4 is 5.73 Å². The Labute approximate surface area is 101 Å². The van der Waals surface area contributed by atoms with Crippen molar-refractivity contribution in [2.45, 2.75) is 25.3 Å². The molecule has 0 aliphatic carbocycles. The summed E-state index contributed by atoms with van der Waals surface area (Å²) in [6, 6.07) is 3.61. The van der Waals surface area contributed by atoms with Crippen molar-refractivity contribution in [3.63, 3.8) is 0 Å². The molecule has 2 N–H and O–H groups in total. The van der Waals surface area contributed by atoms with Crippen LogP contribution in [0.5, 0.6) is 0 Å². The zero-order chi connectivity index (χ0) is 10.7. The highest BCUT2D eigenvalue weighted by atomic mass is 35.5. The lowest BCUT2D eigenvalue weighted by Crippen LogP contribution is -2.47. The van der Waals surface area contributed by atoms with Crippen molar-refractivity contribution in [1.82, 2.24) is 4.90 Å². The van der Waals surface area contributed by atoms with Crippen molar-refractivity contribution in [1.29, 1.82) is 0 Å². The quantitative estimate of drug-likeness (QED) is 0.861. The largest absolute Gasteiger partial charge is 0.459 e. The van der Waals surface area contributed by atoms with Crippen LogP contribution in [0.2, 0.25) is 0 Å². The van der Waals surface area contributed by atoms with E-state index in [0.717, 1.165) is 25.8 Å². The van der Waals surface area contributed by atoms with Crippen LogP contribution in [-0.4, -0.2) is 29.9 Å². The fraction of sp³-hybridized carbons (Fsp3) is 0.545. The molecule has 0 aromatic carbocycles. The maximum absolute atomic E-state index is 12.0. The van der Waals surface area contributed by atoms with Crippen molar-refractivity contribution >= 4 is 18.3 Å². The van der Waals surface area contributed by atoms with Crippen LogP contribution in [0.3, 0.4) is 0 Å². The number of carbonyl (C=O) groups is 1. The Morgan fingerprint density at radius 2 is 2.38 bits per heavy atom. The van der Waals surface area contributed by atoms with E-state index in [9.17, 15) is 4.79 Å². The molecule has 0 bridgehead atoms. The maximum Gasteiger partial charge on any atom is 0.289 e. The van der Waals surface area contributed by atoms with E-state index in [2.05, 4.69) is 0 Å². The first-order chi connectivity index (χ1) is 7.33. The molecule has 4 nitrogen and oxygen atoms in total. The summed E-state index contributed by atoms with van der Waals surface area (Å²) in [4.78, 5) is 13.8. The molecule has 1 aromatic rings. The Bertz CT molecular complexity index is 327.